The normalized spacial score (nSPS) is 11.1. The zero-order valence-electron chi connectivity index (χ0n) is 9.75. The van der Waals surface area contributed by atoms with Gasteiger partial charge in [0, 0.05) is 6.20 Å². The Morgan fingerprint density at radius 1 is 1.11 bits per heavy atom. The molecule has 0 aliphatic carbocycles. The Balaban J connectivity index is 2.09. The van der Waals surface area contributed by atoms with E-state index in [2.05, 4.69) is 5.10 Å². The SMILES string of the molecule is O=c1n(Cc2cccc(Cl)c2Cl)nc2ccccn12. The molecular weight excluding hydrogens is 285 g/mol. The third-order valence-corrected chi connectivity index (χ3v) is 3.70. The van der Waals surface area contributed by atoms with E-state index in [4.69, 9.17) is 23.2 Å². The molecule has 0 unspecified atom stereocenters. The van der Waals surface area contributed by atoms with Gasteiger partial charge in [0.25, 0.3) is 0 Å². The standard InChI is InChI=1S/C13H9Cl2N3O/c14-10-5-3-4-9(12(10)15)8-18-13(19)17-7-2-1-6-11(17)16-18/h1-7H,8H2. The minimum absolute atomic E-state index is 0.202. The summed E-state index contributed by atoms with van der Waals surface area (Å²) < 4.78 is 2.85. The molecule has 3 rings (SSSR count). The van der Waals surface area contributed by atoms with Crippen molar-refractivity contribution in [2.24, 2.45) is 0 Å². The van der Waals surface area contributed by atoms with Crippen LogP contribution in [0.25, 0.3) is 5.65 Å². The highest BCUT2D eigenvalue weighted by Crippen LogP contribution is 2.25. The highest BCUT2D eigenvalue weighted by atomic mass is 35.5. The third kappa shape index (κ3) is 2.13. The van der Waals surface area contributed by atoms with Gasteiger partial charge < -0.3 is 0 Å². The van der Waals surface area contributed by atoms with Crippen LogP contribution < -0.4 is 5.69 Å². The van der Waals surface area contributed by atoms with Crippen LogP contribution in [0.4, 0.5) is 0 Å². The first kappa shape index (κ1) is 12.3. The number of benzene rings is 1. The van der Waals surface area contributed by atoms with E-state index in [1.807, 2.05) is 12.1 Å². The summed E-state index contributed by atoms with van der Waals surface area (Å²) in [6.45, 7) is 0.292. The molecule has 0 fully saturated rings. The van der Waals surface area contributed by atoms with Crippen LogP contribution in [-0.2, 0) is 6.54 Å². The van der Waals surface area contributed by atoms with Gasteiger partial charge >= 0.3 is 5.69 Å². The Labute approximate surface area is 118 Å². The first-order valence-electron chi connectivity index (χ1n) is 5.64. The van der Waals surface area contributed by atoms with E-state index in [9.17, 15) is 4.79 Å². The van der Waals surface area contributed by atoms with E-state index < -0.39 is 0 Å². The average Bonchev–Trinajstić information content (AvgIpc) is 2.73. The van der Waals surface area contributed by atoms with Crippen molar-refractivity contribution in [3.05, 3.63) is 68.7 Å². The zero-order chi connectivity index (χ0) is 13.4. The third-order valence-electron chi connectivity index (χ3n) is 2.84. The van der Waals surface area contributed by atoms with Gasteiger partial charge in [-0.15, -0.1) is 5.10 Å². The summed E-state index contributed by atoms with van der Waals surface area (Å²) >= 11 is 12.1. The molecule has 0 atom stereocenters. The molecule has 4 nitrogen and oxygen atoms in total. The second-order valence-electron chi connectivity index (χ2n) is 4.08. The lowest BCUT2D eigenvalue weighted by atomic mass is 10.2. The second kappa shape index (κ2) is 4.72. The van der Waals surface area contributed by atoms with Gasteiger partial charge in [-0.3, -0.25) is 4.40 Å². The van der Waals surface area contributed by atoms with Crippen LogP contribution in [0.15, 0.2) is 47.4 Å². The second-order valence-corrected chi connectivity index (χ2v) is 4.87. The molecule has 0 radical (unpaired) electrons. The van der Waals surface area contributed by atoms with E-state index in [0.717, 1.165) is 5.56 Å². The van der Waals surface area contributed by atoms with Crippen LogP contribution in [0.3, 0.4) is 0 Å². The minimum Gasteiger partial charge on any atom is -0.250 e. The quantitative estimate of drug-likeness (QED) is 0.729. The molecule has 6 heteroatoms. The predicted molar refractivity (Wildman–Crippen MR) is 75.0 cm³/mol. The van der Waals surface area contributed by atoms with Crippen LogP contribution in [0.5, 0.6) is 0 Å². The highest BCUT2D eigenvalue weighted by Gasteiger charge is 2.10. The molecule has 19 heavy (non-hydrogen) atoms. The molecule has 0 amide bonds. The van der Waals surface area contributed by atoms with Crippen LogP contribution in [0, 0.1) is 0 Å². The van der Waals surface area contributed by atoms with Crippen molar-refractivity contribution in [2.75, 3.05) is 0 Å². The number of fused-ring (bicyclic) bond motifs is 1. The number of pyridine rings is 1. The van der Waals surface area contributed by atoms with Gasteiger partial charge in [0.1, 0.15) is 0 Å². The van der Waals surface area contributed by atoms with Crippen LogP contribution in [0.2, 0.25) is 10.0 Å². The minimum atomic E-state index is -0.202. The Bertz CT molecular complexity index is 807. The van der Waals surface area contributed by atoms with Crippen molar-refractivity contribution >= 4 is 28.8 Å². The first-order valence-corrected chi connectivity index (χ1v) is 6.39. The number of hydrogen-bond acceptors (Lipinski definition) is 2. The molecule has 0 bridgehead atoms. The summed E-state index contributed by atoms with van der Waals surface area (Å²) in [5.74, 6) is 0. The summed E-state index contributed by atoms with van der Waals surface area (Å²) in [7, 11) is 0. The summed E-state index contributed by atoms with van der Waals surface area (Å²) in [6, 6.07) is 10.7. The monoisotopic (exact) mass is 293 g/mol. The molecule has 2 aromatic heterocycles. The van der Waals surface area contributed by atoms with Crippen molar-refractivity contribution in [2.45, 2.75) is 6.54 Å². The van der Waals surface area contributed by atoms with E-state index in [1.54, 1.807) is 30.5 Å². The summed E-state index contributed by atoms with van der Waals surface area (Å²) in [5.41, 5.74) is 1.16. The van der Waals surface area contributed by atoms with E-state index >= 15 is 0 Å². The highest BCUT2D eigenvalue weighted by molar-refractivity contribution is 6.42. The Hall–Kier alpha value is -1.78. The first-order chi connectivity index (χ1) is 9.16. The fourth-order valence-electron chi connectivity index (χ4n) is 1.90. The van der Waals surface area contributed by atoms with Gasteiger partial charge in [0.15, 0.2) is 5.65 Å². The van der Waals surface area contributed by atoms with Crippen LogP contribution in [0.1, 0.15) is 5.56 Å². The van der Waals surface area contributed by atoms with Crippen molar-refractivity contribution in [3.63, 3.8) is 0 Å². The Morgan fingerprint density at radius 3 is 2.74 bits per heavy atom. The molecule has 2 heterocycles. The maximum atomic E-state index is 12.1. The molecule has 1 aromatic carbocycles. The molecular formula is C13H9Cl2N3O. The fourth-order valence-corrected chi connectivity index (χ4v) is 2.28. The number of aromatic nitrogens is 3. The van der Waals surface area contributed by atoms with Crippen molar-refractivity contribution < 1.29 is 0 Å². The van der Waals surface area contributed by atoms with Gasteiger partial charge in [-0.1, -0.05) is 41.4 Å². The van der Waals surface area contributed by atoms with Gasteiger partial charge in [-0.2, -0.15) is 0 Å². The topological polar surface area (TPSA) is 39.3 Å². The Morgan fingerprint density at radius 2 is 1.95 bits per heavy atom. The van der Waals surface area contributed by atoms with Crippen molar-refractivity contribution in [3.8, 4) is 0 Å². The lowest BCUT2D eigenvalue weighted by Gasteiger charge is -2.04. The average molecular weight is 294 g/mol. The number of nitrogens with zero attached hydrogens (tertiary/aromatic N) is 3. The van der Waals surface area contributed by atoms with E-state index in [1.165, 1.54) is 9.08 Å². The summed E-state index contributed by atoms with van der Waals surface area (Å²) in [4.78, 5) is 12.1. The predicted octanol–water partition coefficient (Wildman–Crippen LogP) is 2.85. The van der Waals surface area contributed by atoms with Gasteiger partial charge in [-0.05, 0) is 23.8 Å². The van der Waals surface area contributed by atoms with E-state index in [0.29, 0.717) is 22.2 Å². The van der Waals surface area contributed by atoms with E-state index in [-0.39, 0.29) is 5.69 Å². The molecule has 96 valence electrons. The maximum absolute atomic E-state index is 12.1. The number of halogens is 2. The lowest BCUT2D eigenvalue weighted by Crippen LogP contribution is -2.21. The summed E-state index contributed by atoms with van der Waals surface area (Å²) in [5, 5.41) is 5.16. The zero-order valence-corrected chi connectivity index (χ0v) is 11.3. The smallest absolute Gasteiger partial charge is 0.250 e. The van der Waals surface area contributed by atoms with Crippen LogP contribution >= 0.6 is 23.2 Å². The maximum Gasteiger partial charge on any atom is 0.350 e. The van der Waals surface area contributed by atoms with Crippen LogP contribution in [-0.4, -0.2) is 14.2 Å². The lowest BCUT2D eigenvalue weighted by molar-refractivity contribution is 0.659. The number of rotatable bonds is 2. The number of hydrogen-bond donors (Lipinski definition) is 0. The molecule has 0 N–H and O–H groups in total. The largest absolute Gasteiger partial charge is 0.350 e. The molecule has 3 aromatic rings. The fraction of sp³-hybridized carbons (Fsp3) is 0.0769. The van der Waals surface area contributed by atoms with Gasteiger partial charge in [0.05, 0.1) is 16.6 Å². The van der Waals surface area contributed by atoms with Gasteiger partial charge in [-0.25, -0.2) is 9.48 Å². The molecule has 0 aliphatic rings. The van der Waals surface area contributed by atoms with Gasteiger partial charge in [0.2, 0.25) is 0 Å². The molecule has 0 saturated heterocycles. The summed E-state index contributed by atoms with van der Waals surface area (Å²) in [6.07, 6.45) is 1.68. The molecule has 0 saturated carbocycles. The van der Waals surface area contributed by atoms with Crippen molar-refractivity contribution in [1.29, 1.82) is 0 Å². The Kier molecular flexibility index (Phi) is 3.05. The molecule has 0 aliphatic heterocycles. The molecule has 0 spiro atoms. The van der Waals surface area contributed by atoms with Crippen molar-refractivity contribution in [1.82, 2.24) is 14.2 Å².